The number of hydrogen-bond acceptors (Lipinski definition) is 4. The molecule has 0 bridgehead atoms. The van der Waals surface area contributed by atoms with E-state index < -0.39 is 5.91 Å². The first-order valence-corrected chi connectivity index (χ1v) is 10.2. The molecule has 0 saturated carbocycles. The summed E-state index contributed by atoms with van der Waals surface area (Å²) in [4.78, 5) is 14.6. The predicted octanol–water partition coefficient (Wildman–Crippen LogP) is 3.25. The molecule has 0 aromatic carbocycles. The smallest absolute Gasteiger partial charge is 0.249 e. The molecule has 27 heavy (non-hydrogen) atoms. The van der Waals surface area contributed by atoms with Crippen LogP contribution in [0.4, 0.5) is 0 Å². The molecule has 5 N–H and O–H groups in total. The van der Waals surface area contributed by atoms with Crippen molar-refractivity contribution < 1.29 is 9.90 Å². The van der Waals surface area contributed by atoms with Crippen molar-refractivity contribution in [3.8, 4) is 0 Å². The van der Waals surface area contributed by atoms with Crippen molar-refractivity contribution in [3.05, 3.63) is 34.1 Å². The van der Waals surface area contributed by atoms with Gasteiger partial charge in [-0.1, -0.05) is 38.3 Å². The fourth-order valence-corrected chi connectivity index (χ4v) is 4.07. The number of nitrogens with zero attached hydrogens (tertiary/aromatic N) is 1. The van der Waals surface area contributed by atoms with Gasteiger partial charge in [-0.3, -0.25) is 9.69 Å². The van der Waals surface area contributed by atoms with E-state index >= 15 is 0 Å². The molecule has 3 atom stereocenters. The number of rotatable bonds is 9. The SMILES string of the molecule is CCCC(=C(\C=C(/C)[C@H]1CCC(C(C)CO)N1C)C(N)=O)/C(N)=C(\C)CC. The summed E-state index contributed by atoms with van der Waals surface area (Å²) in [5.74, 6) is -0.189. The zero-order chi connectivity index (χ0) is 20.7. The molecule has 1 aliphatic rings. The van der Waals surface area contributed by atoms with E-state index in [9.17, 15) is 9.90 Å². The van der Waals surface area contributed by atoms with Crippen molar-refractivity contribution in [2.45, 2.75) is 78.8 Å². The Bertz CT molecular complexity index is 619. The Labute approximate surface area is 165 Å². The highest BCUT2D eigenvalue weighted by Crippen LogP contribution is 2.32. The van der Waals surface area contributed by atoms with Crippen LogP contribution in [0.3, 0.4) is 0 Å². The Kier molecular flexibility index (Phi) is 9.27. The number of aliphatic hydroxyl groups is 1. The van der Waals surface area contributed by atoms with Crippen LogP contribution < -0.4 is 11.5 Å². The summed E-state index contributed by atoms with van der Waals surface area (Å²) in [7, 11) is 2.10. The molecule has 0 aromatic heterocycles. The quantitative estimate of drug-likeness (QED) is 0.425. The highest BCUT2D eigenvalue weighted by molar-refractivity contribution is 5.96. The third-order valence-corrected chi connectivity index (χ3v) is 6.00. The number of amides is 1. The topological polar surface area (TPSA) is 92.6 Å². The third-order valence-electron chi connectivity index (χ3n) is 6.00. The number of hydrogen-bond donors (Lipinski definition) is 3. The predicted molar refractivity (Wildman–Crippen MR) is 113 cm³/mol. The summed E-state index contributed by atoms with van der Waals surface area (Å²) in [5.41, 5.74) is 16.4. The number of likely N-dealkylation sites (N-methyl/N-ethyl adjacent to an activating group) is 1. The monoisotopic (exact) mass is 377 g/mol. The molecule has 5 nitrogen and oxygen atoms in total. The van der Waals surface area contributed by atoms with Crippen LogP contribution >= 0.6 is 0 Å². The first kappa shape index (κ1) is 23.4. The Morgan fingerprint density at radius 3 is 2.37 bits per heavy atom. The first-order valence-electron chi connectivity index (χ1n) is 10.2. The Morgan fingerprint density at radius 2 is 1.89 bits per heavy atom. The van der Waals surface area contributed by atoms with E-state index in [2.05, 4.69) is 39.6 Å². The average Bonchev–Trinajstić information content (AvgIpc) is 3.03. The molecule has 2 unspecified atom stereocenters. The normalized spacial score (nSPS) is 24.5. The van der Waals surface area contributed by atoms with Gasteiger partial charge in [-0.15, -0.1) is 0 Å². The van der Waals surface area contributed by atoms with Gasteiger partial charge >= 0.3 is 0 Å². The molecule has 0 spiro atoms. The molecular weight excluding hydrogens is 338 g/mol. The fraction of sp³-hybridized carbons (Fsp3) is 0.682. The van der Waals surface area contributed by atoms with Crippen molar-refractivity contribution in [1.82, 2.24) is 4.90 Å². The molecule has 0 aliphatic carbocycles. The molecule has 1 fully saturated rings. The van der Waals surface area contributed by atoms with Crippen LogP contribution in [-0.4, -0.2) is 41.7 Å². The second kappa shape index (κ2) is 10.7. The van der Waals surface area contributed by atoms with E-state index in [1.807, 2.05) is 13.0 Å². The number of likely N-dealkylation sites (tertiary alicyclic amines) is 1. The summed E-state index contributed by atoms with van der Waals surface area (Å²) in [6.07, 6.45) is 6.48. The van der Waals surface area contributed by atoms with Gasteiger partial charge in [0, 0.05) is 30.0 Å². The van der Waals surface area contributed by atoms with Gasteiger partial charge in [0.25, 0.3) is 0 Å². The van der Waals surface area contributed by atoms with E-state index in [0.29, 0.717) is 17.3 Å². The highest BCUT2D eigenvalue weighted by atomic mass is 16.3. The lowest BCUT2D eigenvalue weighted by Crippen LogP contribution is -2.38. The van der Waals surface area contributed by atoms with Crippen LogP contribution in [0.2, 0.25) is 0 Å². The molecule has 0 radical (unpaired) electrons. The molecule has 0 aromatic rings. The molecule has 1 saturated heterocycles. The van der Waals surface area contributed by atoms with E-state index in [1.165, 1.54) is 0 Å². The van der Waals surface area contributed by atoms with Crippen molar-refractivity contribution in [2.75, 3.05) is 13.7 Å². The lowest BCUT2D eigenvalue weighted by molar-refractivity contribution is -0.114. The number of allylic oxidation sites excluding steroid dienone is 2. The Morgan fingerprint density at radius 1 is 1.26 bits per heavy atom. The van der Waals surface area contributed by atoms with E-state index in [0.717, 1.165) is 48.8 Å². The number of carbonyl (C=O) groups is 1. The molecule has 1 rings (SSSR count). The van der Waals surface area contributed by atoms with Gasteiger partial charge in [0.2, 0.25) is 5.91 Å². The zero-order valence-electron chi connectivity index (χ0n) is 18.0. The van der Waals surface area contributed by atoms with E-state index in [4.69, 9.17) is 11.5 Å². The highest BCUT2D eigenvalue weighted by Gasteiger charge is 2.34. The van der Waals surface area contributed by atoms with Crippen molar-refractivity contribution in [3.63, 3.8) is 0 Å². The third kappa shape index (κ3) is 5.69. The molecule has 154 valence electrons. The maximum absolute atomic E-state index is 12.3. The summed E-state index contributed by atoms with van der Waals surface area (Å²) < 4.78 is 0. The van der Waals surface area contributed by atoms with Crippen LogP contribution in [0.5, 0.6) is 0 Å². The van der Waals surface area contributed by atoms with Crippen LogP contribution in [0.1, 0.15) is 66.7 Å². The molecule has 5 heteroatoms. The Balaban J connectivity index is 3.32. The molecule has 1 amide bonds. The summed E-state index contributed by atoms with van der Waals surface area (Å²) in [5, 5.41) is 9.50. The molecule has 1 aliphatic heterocycles. The maximum Gasteiger partial charge on any atom is 0.249 e. The van der Waals surface area contributed by atoms with E-state index in [1.54, 1.807) is 0 Å². The summed E-state index contributed by atoms with van der Waals surface area (Å²) in [6, 6.07) is 0.602. The summed E-state index contributed by atoms with van der Waals surface area (Å²) >= 11 is 0. The van der Waals surface area contributed by atoms with Gasteiger partial charge < -0.3 is 16.6 Å². The van der Waals surface area contributed by atoms with Gasteiger partial charge in [-0.05, 0) is 64.1 Å². The standard InChI is InChI=1S/C22H39N3O2/c1-7-9-17(21(23)14(3)8-2)18(22(24)27)12-15(4)19-10-11-20(25(19)6)16(5)13-26/h12,16,19-20,26H,7-11,13,23H2,1-6H3,(H2,24,27)/b15-12+,18-17-,21-14-/t16?,19-,20?/m1/s1. The van der Waals surface area contributed by atoms with Crippen LogP contribution in [-0.2, 0) is 4.79 Å². The van der Waals surface area contributed by atoms with E-state index in [-0.39, 0.29) is 18.6 Å². The van der Waals surface area contributed by atoms with Crippen LogP contribution in [0, 0.1) is 5.92 Å². The average molecular weight is 378 g/mol. The maximum atomic E-state index is 12.3. The largest absolute Gasteiger partial charge is 0.399 e. The fourth-order valence-electron chi connectivity index (χ4n) is 4.07. The zero-order valence-corrected chi connectivity index (χ0v) is 18.0. The molecule has 1 heterocycles. The second-order valence-corrected chi connectivity index (χ2v) is 7.93. The number of nitrogens with two attached hydrogens (primary N) is 2. The Hall–Kier alpha value is -1.59. The van der Waals surface area contributed by atoms with Gasteiger partial charge in [0.05, 0.1) is 0 Å². The van der Waals surface area contributed by atoms with Crippen LogP contribution in [0.25, 0.3) is 0 Å². The van der Waals surface area contributed by atoms with Gasteiger partial charge in [0.1, 0.15) is 0 Å². The van der Waals surface area contributed by atoms with Crippen molar-refractivity contribution >= 4 is 5.91 Å². The van der Waals surface area contributed by atoms with Crippen molar-refractivity contribution in [1.29, 1.82) is 0 Å². The van der Waals surface area contributed by atoms with Crippen LogP contribution in [0.15, 0.2) is 34.1 Å². The first-order chi connectivity index (χ1) is 12.7. The minimum Gasteiger partial charge on any atom is -0.399 e. The minimum absolute atomic E-state index is 0.190. The summed E-state index contributed by atoms with van der Waals surface area (Å²) in [6.45, 7) is 10.5. The lowest BCUT2D eigenvalue weighted by Gasteiger charge is -2.30. The second-order valence-electron chi connectivity index (χ2n) is 7.93. The van der Waals surface area contributed by atoms with Gasteiger partial charge in [0.15, 0.2) is 0 Å². The molecular formula is C22H39N3O2. The van der Waals surface area contributed by atoms with Gasteiger partial charge in [-0.25, -0.2) is 0 Å². The van der Waals surface area contributed by atoms with Gasteiger partial charge in [-0.2, -0.15) is 0 Å². The lowest BCUT2D eigenvalue weighted by atomic mass is 9.93. The number of primary amides is 1. The minimum atomic E-state index is -0.425. The van der Waals surface area contributed by atoms with Crippen molar-refractivity contribution in [2.24, 2.45) is 17.4 Å². The number of aliphatic hydroxyl groups excluding tert-OH is 1. The number of carbonyl (C=O) groups excluding carboxylic acids is 1.